The average Bonchev–Trinajstić information content (AvgIpc) is 2.30. The molecule has 1 aliphatic heterocycles. The van der Waals surface area contributed by atoms with Gasteiger partial charge in [-0.3, -0.25) is 0 Å². The van der Waals surface area contributed by atoms with Crippen LogP contribution in [0, 0.1) is 12.3 Å². The van der Waals surface area contributed by atoms with Crippen molar-refractivity contribution in [3.63, 3.8) is 0 Å². The number of rotatable bonds is 7. The molecule has 1 rings (SSSR count). The van der Waals surface area contributed by atoms with Gasteiger partial charge in [-0.1, -0.05) is 0 Å². The molecule has 1 saturated heterocycles. The maximum Gasteiger partial charge on any atom is 0.157 e. The molecule has 0 aromatic rings. The lowest BCUT2D eigenvalue weighted by atomic mass is 10.1. The van der Waals surface area contributed by atoms with Crippen molar-refractivity contribution >= 4 is 0 Å². The molecular weight excluding hydrogens is 204 g/mol. The maximum absolute atomic E-state index is 9.39. The molecule has 0 spiro atoms. The molecule has 92 valence electrons. The lowest BCUT2D eigenvalue weighted by molar-refractivity contribution is -0.162. The number of aliphatic hydroxyl groups is 1. The van der Waals surface area contributed by atoms with Crippen molar-refractivity contribution in [3.05, 3.63) is 0 Å². The minimum atomic E-state index is -0.351. The Kier molecular flexibility index (Phi) is 7.24. The highest BCUT2D eigenvalue weighted by atomic mass is 16.7. The Balaban J connectivity index is 1.89. The summed E-state index contributed by atoms with van der Waals surface area (Å²) in [6, 6.07) is 0. The fourth-order valence-corrected chi connectivity index (χ4v) is 1.78. The topological polar surface area (TPSA) is 38.7 Å². The summed E-state index contributed by atoms with van der Waals surface area (Å²) in [4.78, 5) is 0. The van der Waals surface area contributed by atoms with E-state index in [-0.39, 0.29) is 12.4 Å². The van der Waals surface area contributed by atoms with Gasteiger partial charge in [-0.05, 0) is 38.5 Å². The largest absolute Gasteiger partial charge is 0.392 e. The highest BCUT2D eigenvalue weighted by molar-refractivity contribution is 4.86. The molecule has 3 heteroatoms. The summed E-state index contributed by atoms with van der Waals surface area (Å²) >= 11 is 0. The van der Waals surface area contributed by atoms with Crippen LogP contribution in [0.4, 0.5) is 0 Å². The molecule has 0 aromatic carbocycles. The predicted octanol–water partition coefficient (Wildman–Crippen LogP) is 2.08. The molecule has 0 saturated carbocycles. The zero-order valence-corrected chi connectivity index (χ0v) is 9.86. The second-order valence-electron chi connectivity index (χ2n) is 4.22. The molecule has 0 bridgehead atoms. The summed E-state index contributed by atoms with van der Waals surface area (Å²) in [7, 11) is 0. The van der Waals surface area contributed by atoms with Crippen molar-refractivity contribution in [2.75, 3.05) is 13.2 Å². The van der Waals surface area contributed by atoms with Crippen molar-refractivity contribution in [1.29, 1.82) is 0 Å². The first-order valence-electron chi connectivity index (χ1n) is 6.17. The number of ether oxygens (including phenoxy) is 2. The summed E-state index contributed by atoms with van der Waals surface area (Å²) < 4.78 is 11.0. The average molecular weight is 226 g/mol. The van der Waals surface area contributed by atoms with E-state index in [2.05, 4.69) is 5.92 Å². The van der Waals surface area contributed by atoms with E-state index in [1.807, 2.05) is 0 Å². The van der Waals surface area contributed by atoms with Gasteiger partial charge in [0.25, 0.3) is 0 Å². The van der Waals surface area contributed by atoms with E-state index in [0.717, 1.165) is 38.7 Å². The van der Waals surface area contributed by atoms with Crippen LogP contribution in [-0.2, 0) is 9.47 Å². The molecule has 0 aliphatic carbocycles. The van der Waals surface area contributed by atoms with E-state index in [9.17, 15) is 5.11 Å². The molecule has 0 aromatic heterocycles. The first-order valence-corrected chi connectivity index (χ1v) is 6.17. The van der Waals surface area contributed by atoms with Gasteiger partial charge in [0.2, 0.25) is 0 Å². The number of hydrogen-bond donors (Lipinski definition) is 1. The van der Waals surface area contributed by atoms with Gasteiger partial charge in [0, 0.05) is 19.6 Å². The number of unbranched alkanes of at least 4 members (excludes halogenated alkanes) is 1. The van der Waals surface area contributed by atoms with Crippen molar-refractivity contribution < 1.29 is 14.6 Å². The van der Waals surface area contributed by atoms with Gasteiger partial charge in [0.05, 0.1) is 6.10 Å². The van der Waals surface area contributed by atoms with Crippen LogP contribution >= 0.6 is 0 Å². The fraction of sp³-hybridized carbons (Fsp3) is 0.846. The van der Waals surface area contributed by atoms with Gasteiger partial charge < -0.3 is 14.6 Å². The van der Waals surface area contributed by atoms with Gasteiger partial charge in [-0.2, -0.15) is 0 Å². The first-order chi connectivity index (χ1) is 7.83. The Morgan fingerprint density at radius 2 is 2.31 bits per heavy atom. The Bertz CT molecular complexity index is 204. The third-order valence-electron chi connectivity index (χ3n) is 2.73. The van der Waals surface area contributed by atoms with Gasteiger partial charge in [0.1, 0.15) is 0 Å². The molecule has 1 aliphatic rings. The van der Waals surface area contributed by atoms with Crippen LogP contribution in [0.3, 0.4) is 0 Å². The van der Waals surface area contributed by atoms with Gasteiger partial charge >= 0.3 is 0 Å². The molecule has 0 unspecified atom stereocenters. The Hall–Kier alpha value is -0.560. The van der Waals surface area contributed by atoms with Gasteiger partial charge in [0.15, 0.2) is 6.29 Å². The molecule has 1 N–H and O–H groups in total. The first kappa shape index (κ1) is 13.5. The third kappa shape index (κ3) is 6.12. The number of aliphatic hydroxyl groups excluding tert-OH is 1. The molecule has 1 heterocycles. The predicted molar refractivity (Wildman–Crippen MR) is 62.9 cm³/mol. The highest BCUT2D eigenvalue weighted by Crippen LogP contribution is 2.14. The lowest BCUT2D eigenvalue weighted by Crippen LogP contribution is -2.22. The molecule has 2 atom stereocenters. The molecule has 0 radical (unpaired) electrons. The SMILES string of the molecule is C#CC[C@H](O)CCCCO[C@@H]1CCCCO1. The van der Waals surface area contributed by atoms with E-state index in [1.165, 1.54) is 6.42 Å². The van der Waals surface area contributed by atoms with Crippen LogP contribution in [0.5, 0.6) is 0 Å². The lowest BCUT2D eigenvalue weighted by Gasteiger charge is -2.22. The summed E-state index contributed by atoms with van der Waals surface area (Å²) in [6.07, 6.45) is 11.3. The van der Waals surface area contributed by atoms with Crippen molar-refractivity contribution in [2.45, 2.75) is 57.3 Å². The smallest absolute Gasteiger partial charge is 0.157 e. The summed E-state index contributed by atoms with van der Waals surface area (Å²) in [5.74, 6) is 2.46. The van der Waals surface area contributed by atoms with Crippen LogP contribution in [0.1, 0.15) is 44.9 Å². The molecule has 16 heavy (non-hydrogen) atoms. The summed E-state index contributed by atoms with van der Waals surface area (Å²) in [6.45, 7) is 1.54. The van der Waals surface area contributed by atoms with E-state index >= 15 is 0 Å². The second kappa shape index (κ2) is 8.58. The van der Waals surface area contributed by atoms with E-state index in [0.29, 0.717) is 13.0 Å². The standard InChI is InChI=1S/C13H22O3/c1-2-7-12(14)8-3-5-10-15-13-9-4-6-11-16-13/h1,12-14H,3-11H2/t12-,13-/m0/s1. The molecule has 0 amide bonds. The van der Waals surface area contributed by atoms with Crippen LogP contribution in [-0.4, -0.2) is 30.7 Å². The third-order valence-corrected chi connectivity index (χ3v) is 2.73. The zero-order valence-electron chi connectivity index (χ0n) is 9.86. The highest BCUT2D eigenvalue weighted by Gasteiger charge is 2.13. The Labute approximate surface area is 98.1 Å². The second-order valence-corrected chi connectivity index (χ2v) is 4.22. The number of terminal acetylenes is 1. The van der Waals surface area contributed by atoms with Crippen LogP contribution in [0.15, 0.2) is 0 Å². The summed E-state index contributed by atoms with van der Waals surface area (Å²) in [5, 5.41) is 9.39. The van der Waals surface area contributed by atoms with Crippen molar-refractivity contribution in [2.24, 2.45) is 0 Å². The van der Waals surface area contributed by atoms with Crippen LogP contribution in [0.25, 0.3) is 0 Å². The monoisotopic (exact) mass is 226 g/mol. The molecule has 1 fully saturated rings. The van der Waals surface area contributed by atoms with Crippen molar-refractivity contribution in [3.8, 4) is 12.3 Å². The molecular formula is C13H22O3. The normalized spacial score (nSPS) is 22.6. The summed E-state index contributed by atoms with van der Waals surface area (Å²) in [5.41, 5.74) is 0. The van der Waals surface area contributed by atoms with E-state index < -0.39 is 0 Å². The zero-order chi connectivity index (χ0) is 11.6. The van der Waals surface area contributed by atoms with Gasteiger partial charge in [-0.25, -0.2) is 0 Å². The van der Waals surface area contributed by atoms with E-state index in [4.69, 9.17) is 15.9 Å². The molecule has 3 nitrogen and oxygen atoms in total. The minimum absolute atomic E-state index is 0.00406. The Morgan fingerprint density at radius 1 is 1.44 bits per heavy atom. The minimum Gasteiger partial charge on any atom is -0.392 e. The van der Waals surface area contributed by atoms with Crippen molar-refractivity contribution in [1.82, 2.24) is 0 Å². The Morgan fingerprint density at radius 3 is 3.00 bits per heavy atom. The van der Waals surface area contributed by atoms with E-state index in [1.54, 1.807) is 0 Å². The number of hydrogen-bond acceptors (Lipinski definition) is 3. The van der Waals surface area contributed by atoms with Crippen LogP contribution < -0.4 is 0 Å². The van der Waals surface area contributed by atoms with Gasteiger partial charge in [-0.15, -0.1) is 12.3 Å². The quantitative estimate of drug-likeness (QED) is 0.533. The fourth-order valence-electron chi connectivity index (χ4n) is 1.78. The maximum atomic E-state index is 9.39. The van der Waals surface area contributed by atoms with Crippen LogP contribution in [0.2, 0.25) is 0 Å².